The fourth-order valence-electron chi connectivity index (χ4n) is 2.66. The predicted molar refractivity (Wildman–Crippen MR) is 87.9 cm³/mol. The molecular weight excluding hydrogens is 277 g/mol. The first-order valence-corrected chi connectivity index (χ1v) is 8.77. The van der Waals surface area contributed by atoms with Gasteiger partial charge in [-0.25, -0.2) is 0 Å². The van der Waals surface area contributed by atoms with E-state index >= 15 is 0 Å². The third-order valence-electron chi connectivity index (χ3n) is 3.96. The van der Waals surface area contributed by atoms with Crippen molar-refractivity contribution >= 4 is 20.7 Å². The van der Waals surface area contributed by atoms with Crippen LogP contribution in [0.3, 0.4) is 0 Å². The Morgan fingerprint density at radius 1 is 1.24 bits per heavy atom. The van der Waals surface area contributed by atoms with Crippen LogP contribution in [0.5, 0.6) is 5.75 Å². The van der Waals surface area contributed by atoms with Crippen LogP contribution in [0.2, 0.25) is 0 Å². The third-order valence-corrected chi connectivity index (χ3v) is 4.62. The lowest BCUT2D eigenvalue weighted by Crippen LogP contribution is -2.29. The molecule has 1 fully saturated rings. The summed E-state index contributed by atoms with van der Waals surface area (Å²) in [6.45, 7) is 1.94. The number of benzene rings is 1. The van der Waals surface area contributed by atoms with E-state index in [4.69, 9.17) is 9.47 Å². The van der Waals surface area contributed by atoms with Crippen molar-refractivity contribution in [3.8, 4) is 5.75 Å². The van der Waals surface area contributed by atoms with Crippen molar-refractivity contribution in [3.05, 3.63) is 48.3 Å². The Labute approximate surface area is 134 Å². The van der Waals surface area contributed by atoms with Crippen molar-refractivity contribution in [3.63, 3.8) is 0 Å². The number of hydrogen-bond acceptors (Lipinski definition) is 3. The fourth-order valence-corrected chi connectivity index (χ4v) is 2.99. The molecule has 1 aliphatic carbocycles. The molecule has 0 spiro atoms. The topological polar surface area (TPSA) is 30.5 Å². The first kappa shape index (κ1) is 14.9. The van der Waals surface area contributed by atoms with E-state index in [1.54, 1.807) is 0 Å². The van der Waals surface area contributed by atoms with Gasteiger partial charge in [0.25, 0.3) is 16.3 Å². The molecular formula is C17H22AlNO2. The van der Waals surface area contributed by atoms with Gasteiger partial charge in [-0.15, -0.1) is 4.43 Å². The average Bonchev–Trinajstić information content (AvgIpc) is 3.02. The van der Waals surface area contributed by atoms with E-state index in [0.29, 0.717) is 6.04 Å². The minimum atomic E-state index is 0.184. The lowest BCUT2D eigenvalue weighted by atomic mass is 10.1. The molecule has 2 aliphatic rings. The van der Waals surface area contributed by atoms with Crippen molar-refractivity contribution in [2.24, 2.45) is 0 Å². The van der Waals surface area contributed by atoms with Gasteiger partial charge in [-0.05, 0) is 50.1 Å². The number of allylic oxidation sites excluding steroid dienone is 1. The van der Waals surface area contributed by atoms with Gasteiger partial charge in [-0.3, -0.25) is 0 Å². The van der Waals surface area contributed by atoms with Gasteiger partial charge in [0.1, 0.15) is 11.5 Å². The molecule has 1 heterocycles. The molecule has 0 aromatic heterocycles. The average molecular weight is 299 g/mol. The van der Waals surface area contributed by atoms with Crippen molar-refractivity contribution < 1.29 is 9.47 Å². The van der Waals surface area contributed by atoms with Crippen molar-refractivity contribution in [1.82, 2.24) is 5.32 Å². The van der Waals surface area contributed by atoms with Crippen molar-refractivity contribution in [1.29, 1.82) is 0 Å². The molecule has 1 aliphatic heterocycles. The molecule has 4 heteroatoms. The molecule has 0 amide bonds. The molecule has 0 bridgehead atoms. The smallest absolute Gasteiger partial charge is 0.258 e. The maximum Gasteiger partial charge on any atom is 0.258 e. The Bertz CT molecular complexity index is 518. The van der Waals surface area contributed by atoms with Gasteiger partial charge in [0.15, 0.2) is 0 Å². The highest BCUT2D eigenvalue weighted by atomic mass is 27.0. The summed E-state index contributed by atoms with van der Waals surface area (Å²) in [4.78, 5) is 0. The predicted octanol–water partition coefficient (Wildman–Crippen LogP) is 1.30. The van der Waals surface area contributed by atoms with E-state index < -0.39 is 0 Å². The molecule has 110 valence electrons. The van der Waals surface area contributed by atoms with Gasteiger partial charge in [0.05, 0.1) is 12.7 Å². The molecule has 3 rings (SSSR count). The van der Waals surface area contributed by atoms with Crippen LogP contribution in [0.15, 0.2) is 48.3 Å². The van der Waals surface area contributed by atoms with Crippen molar-refractivity contribution in [2.45, 2.75) is 31.4 Å². The summed E-state index contributed by atoms with van der Waals surface area (Å²) in [6.07, 6.45) is 9.81. The normalized spacial score (nSPS) is 24.9. The number of rotatable bonds is 5. The van der Waals surface area contributed by atoms with Crippen LogP contribution in [-0.2, 0) is 4.74 Å². The maximum absolute atomic E-state index is 5.94. The van der Waals surface area contributed by atoms with Gasteiger partial charge >= 0.3 is 0 Å². The van der Waals surface area contributed by atoms with Crippen LogP contribution < -0.4 is 14.5 Å². The molecule has 1 aromatic carbocycles. The highest BCUT2D eigenvalue weighted by Gasteiger charge is 2.17. The summed E-state index contributed by atoms with van der Waals surface area (Å²) in [5.74, 6) is 1.81. The van der Waals surface area contributed by atoms with Crippen LogP contribution in [0, 0.1) is 0 Å². The van der Waals surface area contributed by atoms with E-state index in [1.165, 1.54) is 17.3 Å². The Hall–Kier alpha value is -1.05. The first-order valence-electron chi connectivity index (χ1n) is 7.77. The molecule has 1 saturated heterocycles. The third kappa shape index (κ3) is 4.46. The van der Waals surface area contributed by atoms with E-state index in [2.05, 4.69) is 29.6 Å². The molecule has 1 aromatic rings. The summed E-state index contributed by atoms with van der Waals surface area (Å²) < 4.78 is 13.2. The summed E-state index contributed by atoms with van der Waals surface area (Å²) >= 11 is 1.08. The zero-order valence-corrected chi connectivity index (χ0v) is 14.5. The Balaban J connectivity index is 1.45. The molecule has 1 N–H and O–H groups in total. The SMILES string of the molecule is [AlH2][c]1ccc(OC2=CCC(OCC3CCCN3)C=C2)cc1. The molecule has 2 unspecified atom stereocenters. The quantitative estimate of drug-likeness (QED) is 0.832. The Morgan fingerprint density at radius 3 is 2.76 bits per heavy atom. The molecule has 21 heavy (non-hydrogen) atoms. The largest absolute Gasteiger partial charge is 0.458 e. The van der Waals surface area contributed by atoms with Gasteiger partial charge in [-0.1, -0.05) is 18.2 Å². The zero-order valence-electron chi connectivity index (χ0n) is 12.5. The lowest BCUT2D eigenvalue weighted by molar-refractivity contribution is 0.0711. The van der Waals surface area contributed by atoms with Gasteiger partial charge < -0.3 is 14.8 Å². The highest BCUT2D eigenvalue weighted by Crippen LogP contribution is 2.19. The van der Waals surface area contributed by atoms with E-state index in [-0.39, 0.29) is 6.10 Å². The summed E-state index contributed by atoms with van der Waals surface area (Å²) in [5, 5.41) is 3.46. The second kappa shape index (κ2) is 7.29. The maximum atomic E-state index is 5.94. The van der Waals surface area contributed by atoms with Crippen LogP contribution in [0.1, 0.15) is 19.3 Å². The van der Waals surface area contributed by atoms with E-state index in [1.807, 2.05) is 18.2 Å². The van der Waals surface area contributed by atoms with Gasteiger partial charge in [-0.2, -0.15) is 0 Å². The van der Waals surface area contributed by atoms with E-state index in [9.17, 15) is 0 Å². The second-order valence-corrected chi connectivity index (χ2v) is 6.94. The zero-order chi connectivity index (χ0) is 14.5. The minimum Gasteiger partial charge on any atom is -0.458 e. The van der Waals surface area contributed by atoms with Crippen LogP contribution in [-0.4, -0.2) is 41.6 Å². The molecule has 0 radical (unpaired) electrons. The molecule has 3 nitrogen and oxygen atoms in total. The van der Waals surface area contributed by atoms with Gasteiger partial charge in [0.2, 0.25) is 0 Å². The lowest BCUT2D eigenvalue weighted by Gasteiger charge is -2.19. The minimum absolute atomic E-state index is 0.184. The van der Waals surface area contributed by atoms with E-state index in [0.717, 1.165) is 47.4 Å². The summed E-state index contributed by atoms with van der Waals surface area (Å²) in [7, 11) is 0. The van der Waals surface area contributed by atoms with Crippen LogP contribution in [0.25, 0.3) is 0 Å². The Kier molecular flexibility index (Phi) is 5.16. The highest BCUT2D eigenvalue weighted by molar-refractivity contribution is 6.32. The second-order valence-electron chi connectivity index (χ2n) is 5.78. The number of ether oxygens (including phenoxy) is 2. The molecule has 0 saturated carbocycles. The first-order chi connectivity index (χ1) is 10.3. The Morgan fingerprint density at radius 2 is 2.10 bits per heavy atom. The number of hydrogen-bond donors (Lipinski definition) is 1. The standard InChI is InChI=1S/C17H20NO2.Al.2H/c1-2-6-16(7-3-1)20-17-10-8-15(9-11-17)19-13-14-5-4-12-18-14;;;/h2-3,6-8,10-11,14-15,18H,4-5,9,12-13H2;;;. The van der Waals surface area contributed by atoms with Crippen molar-refractivity contribution in [2.75, 3.05) is 13.2 Å². The van der Waals surface area contributed by atoms with Crippen LogP contribution in [0.4, 0.5) is 0 Å². The number of nitrogens with one attached hydrogen (secondary N) is 1. The van der Waals surface area contributed by atoms with Crippen LogP contribution >= 0.6 is 0 Å². The fraction of sp³-hybridized carbons (Fsp3) is 0.412. The summed E-state index contributed by atoms with van der Waals surface area (Å²) in [5.41, 5.74) is 0. The summed E-state index contributed by atoms with van der Waals surface area (Å²) in [6, 6.07) is 8.84. The van der Waals surface area contributed by atoms with Gasteiger partial charge in [0, 0.05) is 6.04 Å². The molecule has 2 atom stereocenters. The monoisotopic (exact) mass is 299 g/mol.